The molecular weight excluding hydrogens is 326 g/mol. The van der Waals surface area contributed by atoms with Crippen LogP contribution in [-0.4, -0.2) is 32.3 Å². The number of hydrogen-bond acceptors (Lipinski definition) is 5. The molecule has 2 heterocycles. The summed E-state index contributed by atoms with van der Waals surface area (Å²) in [4.78, 5) is 6.83. The molecule has 1 fully saturated rings. The lowest BCUT2D eigenvalue weighted by molar-refractivity contribution is 0.356. The van der Waals surface area contributed by atoms with Crippen LogP contribution < -0.4 is 20.1 Å². The van der Waals surface area contributed by atoms with E-state index in [1.54, 1.807) is 14.2 Å². The zero-order valence-corrected chi connectivity index (χ0v) is 15.1. The quantitative estimate of drug-likeness (QED) is 0.783. The van der Waals surface area contributed by atoms with Crippen LogP contribution in [0.1, 0.15) is 12.0 Å². The third kappa shape index (κ3) is 2.74. The Bertz CT molecular complexity index is 929. The van der Waals surface area contributed by atoms with E-state index in [0.717, 1.165) is 36.1 Å². The second-order valence-corrected chi connectivity index (χ2v) is 6.75. The van der Waals surface area contributed by atoms with Gasteiger partial charge in [-0.1, -0.05) is 30.3 Å². The van der Waals surface area contributed by atoms with Crippen molar-refractivity contribution in [2.24, 2.45) is 5.73 Å². The predicted molar refractivity (Wildman–Crippen MR) is 104 cm³/mol. The molecule has 4 rings (SSSR count). The Kier molecular flexibility index (Phi) is 4.17. The molecule has 1 saturated heterocycles. The molecule has 3 aromatic rings. The van der Waals surface area contributed by atoms with Gasteiger partial charge in [-0.05, 0) is 24.1 Å². The standard InChI is InChI=1S/C21H23N3O2/c1-25-19-12-16-17(13-20(19)26-2)23-10-8-18(16)24-11-9-21(22,14-24)15-6-4-3-5-7-15/h3-8,10,12-13H,9,11,14,22H2,1-2H3. The summed E-state index contributed by atoms with van der Waals surface area (Å²) in [6.45, 7) is 1.67. The fourth-order valence-electron chi connectivity index (χ4n) is 3.78. The Morgan fingerprint density at radius 3 is 2.50 bits per heavy atom. The van der Waals surface area contributed by atoms with Gasteiger partial charge in [0.2, 0.25) is 0 Å². The van der Waals surface area contributed by atoms with Crippen molar-refractivity contribution < 1.29 is 9.47 Å². The largest absolute Gasteiger partial charge is 0.493 e. The van der Waals surface area contributed by atoms with Crippen LogP contribution in [0.3, 0.4) is 0 Å². The maximum atomic E-state index is 6.75. The Hall–Kier alpha value is -2.79. The first kappa shape index (κ1) is 16.7. The minimum absolute atomic E-state index is 0.340. The van der Waals surface area contributed by atoms with Crippen molar-refractivity contribution >= 4 is 16.6 Å². The second-order valence-electron chi connectivity index (χ2n) is 6.75. The Morgan fingerprint density at radius 1 is 1.04 bits per heavy atom. The van der Waals surface area contributed by atoms with Crippen molar-refractivity contribution in [3.8, 4) is 11.5 Å². The summed E-state index contributed by atoms with van der Waals surface area (Å²) in [6, 6.07) is 16.3. The molecule has 5 heteroatoms. The minimum atomic E-state index is -0.340. The Morgan fingerprint density at radius 2 is 1.77 bits per heavy atom. The van der Waals surface area contributed by atoms with Gasteiger partial charge in [0.05, 0.1) is 25.3 Å². The first-order valence-electron chi connectivity index (χ1n) is 8.75. The van der Waals surface area contributed by atoms with Crippen molar-refractivity contribution in [2.45, 2.75) is 12.0 Å². The molecule has 1 unspecified atom stereocenters. The lowest BCUT2D eigenvalue weighted by Gasteiger charge is -2.26. The summed E-state index contributed by atoms with van der Waals surface area (Å²) < 4.78 is 10.9. The highest BCUT2D eigenvalue weighted by molar-refractivity contribution is 5.94. The Balaban J connectivity index is 1.74. The van der Waals surface area contributed by atoms with Gasteiger partial charge in [-0.3, -0.25) is 4.98 Å². The molecule has 1 aliphatic rings. The molecule has 0 amide bonds. The average Bonchev–Trinajstić information content (AvgIpc) is 3.10. The van der Waals surface area contributed by atoms with Crippen LogP contribution in [0.15, 0.2) is 54.7 Å². The van der Waals surface area contributed by atoms with Crippen LogP contribution in [0.5, 0.6) is 11.5 Å². The molecule has 134 valence electrons. The van der Waals surface area contributed by atoms with E-state index in [1.165, 1.54) is 5.56 Å². The SMILES string of the molecule is COc1cc2nccc(N3CCC(N)(c4ccccc4)C3)c2cc1OC. The van der Waals surface area contributed by atoms with Gasteiger partial charge in [-0.25, -0.2) is 0 Å². The molecule has 2 aromatic carbocycles. The topological polar surface area (TPSA) is 60.6 Å². The van der Waals surface area contributed by atoms with Gasteiger partial charge in [0, 0.05) is 36.4 Å². The minimum Gasteiger partial charge on any atom is -0.493 e. The van der Waals surface area contributed by atoms with E-state index in [9.17, 15) is 0 Å². The Labute approximate surface area is 153 Å². The molecule has 1 aromatic heterocycles. The lowest BCUT2D eigenvalue weighted by atomic mass is 9.90. The van der Waals surface area contributed by atoms with Crippen molar-refractivity contribution in [2.75, 3.05) is 32.2 Å². The van der Waals surface area contributed by atoms with Gasteiger partial charge in [0.15, 0.2) is 11.5 Å². The number of ether oxygens (including phenoxy) is 2. The van der Waals surface area contributed by atoms with Gasteiger partial charge in [0.1, 0.15) is 0 Å². The molecule has 0 bridgehead atoms. The van der Waals surface area contributed by atoms with E-state index in [4.69, 9.17) is 15.2 Å². The molecular formula is C21H23N3O2. The molecule has 0 saturated carbocycles. The third-order valence-electron chi connectivity index (χ3n) is 5.21. The number of anilines is 1. The van der Waals surface area contributed by atoms with Crippen LogP contribution in [0, 0.1) is 0 Å². The van der Waals surface area contributed by atoms with Crippen molar-refractivity contribution in [1.82, 2.24) is 4.98 Å². The maximum absolute atomic E-state index is 6.75. The van der Waals surface area contributed by atoms with Crippen LogP contribution in [0.2, 0.25) is 0 Å². The summed E-state index contributed by atoms with van der Waals surface area (Å²) in [5, 5.41) is 1.04. The van der Waals surface area contributed by atoms with Crippen LogP contribution in [0.4, 0.5) is 5.69 Å². The number of fused-ring (bicyclic) bond motifs is 1. The van der Waals surface area contributed by atoms with E-state index < -0.39 is 0 Å². The number of rotatable bonds is 4. The normalized spacial score (nSPS) is 19.7. The third-order valence-corrected chi connectivity index (χ3v) is 5.21. The fraction of sp³-hybridized carbons (Fsp3) is 0.286. The zero-order valence-electron chi connectivity index (χ0n) is 15.1. The molecule has 1 atom stereocenters. The first-order valence-corrected chi connectivity index (χ1v) is 8.75. The number of nitrogens with two attached hydrogens (primary N) is 1. The second kappa shape index (κ2) is 6.50. The first-order chi connectivity index (χ1) is 12.6. The predicted octanol–water partition coefficient (Wildman–Crippen LogP) is 3.32. The van der Waals surface area contributed by atoms with Crippen molar-refractivity contribution in [3.63, 3.8) is 0 Å². The molecule has 5 nitrogen and oxygen atoms in total. The smallest absolute Gasteiger partial charge is 0.162 e. The summed E-state index contributed by atoms with van der Waals surface area (Å²) in [5.74, 6) is 1.39. The maximum Gasteiger partial charge on any atom is 0.162 e. The van der Waals surface area contributed by atoms with Crippen LogP contribution in [0.25, 0.3) is 10.9 Å². The van der Waals surface area contributed by atoms with Crippen molar-refractivity contribution in [1.29, 1.82) is 0 Å². The van der Waals surface area contributed by atoms with E-state index in [1.807, 2.05) is 42.6 Å². The average molecular weight is 349 g/mol. The molecule has 26 heavy (non-hydrogen) atoms. The zero-order chi connectivity index (χ0) is 18.1. The summed E-state index contributed by atoms with van der Waals surface area (Å²) >= 11 is 0. The number of aromatic nitrogens is 1. The van der Waals surface area contributed by atoms with E-state index in [2.05, 4.69) is 22.0 Å². The summed E-state index contributed by atoms with van der Waals surface area (Å²) in [5.41, 5.74) is 9.60. The van der Waals surface area contributed by atoms with Gasteiger partial charge in [0.25, 0.3) is 0 Å². The highest BCUT2D eigenvalue weighted by Gasteiger charge is 2.36. The summed E-state index contributed by atoms with van der Waals surface area (Å²) in [7, 11) is 3.28. The van der Waals surface area contributed by atoms with E-state index in [-0.39, 0.29) is 5.54 Å². The van der Waals surface area contributed by atoms with Crippen LogP contribution in [-0.2, 0) is 5.54 Å². The molecule has 1 aliphatic heterocycles. The van der Waals surface area contributed by atoms with Crippen molar-refractivity contribution in [3.05, 3.63) is 60.3 Å². The highest BCUT2D eigenvalue weighted by Crippen LogP contribution is 2.39. The molecule has 2 N–H and O–H groups in total. The number of benzene rings is 2. The number of pyridine rings is 1. The number of methoxy groups -OCH3 is 2. The molecule has 0 radical (unpaired) electrons. The summed E-state index contributed by atoms with van der Waals surface area (Å²) in [6.07, 6.45) is 2.75. The van der Waals surface area contributed by atoms with E-state index >= 15 is 0 Å². The highest BCUT2D eigenvalue weighted by atomic mass is 16.5. The van der Waals surface area contributed by atoms with E-state index in [0.29, 0.717) is 11.5 Å². The van der Waals surface area contributed by atoms with Gasteiger partial charge < -0.3 is 20.1 Å². The van der Waals surface area contributed by atoms with Gasteiger partial charge >= 0.3 is 0 Å². The lowest BCUT2D eigenvalue weighted by Crippen LogP contribution is -2.39. The fourth-order valence-corrected chi connectivity index (χ4v) is 3.78. The number of nitrogens with zero attached hydrogens (tertiary/aromatic N) is 2. The molecule has 0 spiro atoms. The monoisotopic (exact) mass is 349 g/mol. The molecule has 0 aliphatic carbocycles. The number of hydrogen-bond donors (Lipinski definition) is 1. The van der Waals surface area contributed by atoms with Gasteiger partial charge in [-0.15, -0.1) is 0 Å². The van der Waals surface area contributed by atoms with Gasteiger partial charge in [-0.2, -0.15) is 0 Å². The van der Waals surface area contributed by atoms with Crippen LogP contribution >= 0.6 is 0 Å².